The van der Waals surface area contributed by atoms with Crippen LogP contribution in [0.1, 0.15) is 5.56 Å². The van der Waals surface area contributed by atoms with E-state index in [0.29, 0.717) is 17.1 Å². The van der Waals surface area contributed by atoms with Gasteiger partial charge in [0.25, 0.3) is 0 Å². The smallest absolute Gasteiger partial charge is 0.241 e. The van der Waals surface area contributed by atoms with Crippen molar-refractivity contribution in [3.63, 3.8) is 0 Å². The minimum absolute atomic E-state index is 0.179. The number of hydrogen-bond donors (Lipinski definition) is 2. The standard InChI is InChI=1S/C9H8BrClN2O/c10-5-1-4-2-7(12)9(14)13-8(4)6(11)3-5/h1,3,7H,2,12H2,(H,13,14). The van der Waals surface area contributed by atoms with Gasteiger partial charge in [-0.15, -0.1) is 0 Å². The third kappa shape index (κ3) is 1.65. The second-order valence-electron chi connectivity index (χ2n) is 3.22. The highest BCUT2D eigenvalue weighted by molar-refractivity contribution is 9.10. The summed E-state index contributed by atoms with van der Waals surface area (Å²) in [5.41, 5.74) is 7.27. The Labute approximate surface area is 94.7 Å². The molecular formula is C9H8BrClN2O. The van der Waals surface area contributed by atoms with Crippen LogP contribution in [0.15, 0.2) is 16.6 Å². The zero-order chi connectivity index (χ0) is 10.3. The van der Waals surface area contributed by atoms with Gasteiger partial charge in [0.05, 0.1) is 16.8 Å². The highest BCUT2D eigenvalue weighted by Crippen LogP contribution is 2.33. The van der Waals surface area contributed by atoms with Crippen LogP contribution < -0.4 is 11.1 Å². The molecule has 2 rings (SSSR count). The van der Waals surface area contributed by atoms with Gasteiger partial charge in [-0.1, -0.05) is 27.5 Å². The average Bonchev–Trinajstić information content (AvgIpc) is 2.08. The van der Waals surface area contributed by atoms with Gasteiger partial charge in [-0.25, -0.2) is 0 Å². The van der Waals surface area contributed by atoms with Gasteiger partial charge in [-0.05, 0) is 24.1 Å². The summed E-state index contributed by atoms with van der Waals surface area (Å²) in [6.45, 7) is 0. The maximum Gasteiger partial charge on any atom is 0.241 e. The molecule has 3 nitrogen and oxygen atoms in total. The summed E-state index contributed by atoms with van der Waals surface area (Å²) < 4.78 is 0.893. The monoisotopic (exact) mass is 274 g/mol. The number of benzene rings is 1. The lowest BCUT2D eigenvalue weighted by atomic mass is 10.00. The third-order valence-electron chi connectivity index (χ3n) is 2.16. The number of rotatable bonds is 0. The van der Waals surface area contributed by atoms with E-state index < -0.39 is 6.04 Å². The molecule has 14 heavy (non-hydrogen) atoms. The van der Waals surface area contributed by atoms with Crippen molar-refractivity contribution in [3.05, 3.63) is 27.2 Å². The molecule has 1 amide bonds. The molecule has 1 aromatic rings. The Bertz CT molecular complexity index is 408. The van der Waals surface area contributed by atoms with Crippen molar-refractivity contribution in [2.45, 2.75) is 12.5 Å². The summed E-state index contributed by atoms with van der Waals surface area (Å²) in [5.74, 6) is -0.179. The summed E-state index contributed by atoms with van der Waals surface area (Å²) in [7, 11) is 0. The quantitative estimate of drug-likeness (QED) is 0.760. The molecule has 1 aromatic carbocycles. The van der Waals surface area contributed by atoms with Gasteiger partial charge in [0, 0.05) is 4.47 Å². The second kappa shape index (κ2) is 3.53. The van der Waals surface area contributed by atoms with E-state index in [1.54, 1.807) is 6.07 Å². The Hall–Kier alpha value is -0.580. The van der Waals surface area contributed by atoms with Gasteiger partial charge in [-0.3, -0.25) is 4.79 Å². The molecule has 0 radical (unpaired) electrons. The summed E-state index contributed by atoms with van der Waals surface area (Å²) >= 11 is 9.31. The topological polar surface area (TPSA) is 55.1 Å². The summed E-state index contributed by atoms with van der Waals surface area (Å²) in [4.78, 5) is 11.3. The van der Waals surface area contributed by atoms with Crippen molar-refractivity contribution in [3.8, 4) is 0 Å². The van der Waals surface area contributed by atoms with E-state index in [9.17, 15) is 4.79 Å². The lowest BCUT2D eigenvalue weighted by molar-refractivity contribution is -0.117. The van der Waals surface area contributed by atoms with E-state index in [1.807, 2.05) is 6.07 Å². The highest BCUT2D eigenvalue weighted by atomic mass is 79.9. The van der Waals surface area contributed by atoms with Gasteiger partial charge in [0.1, 0.15) is 0 Å². The number of fused-ring (bicyclic) bond motifs is 1. The zero-order valence-electron chi connectivity index (χ0n) is 7.18. The van der Waals surface area contributed by atoms with Crippen molar-refractivity contribution < 1.29 is 4.79 Å². The van der Waals surface area contributed by atoms with Gasteiger partial charge in [-0.2, -0.15) is 0 Å². The summed E-state index contributed by atoms with van der Waals surface area (Å²) in [6.07, 6.45) is 0.528. The maximum atomic E-state index is 11.3. The van der Waals surface area contributed by atoms with E-state index in [2.05, 4.69) is 21.2 Å². The molecule has 3 N–H and O–H groups in total. The van der Waals surface area contributed by atoms with Crippen LogP contribution in [0.25, 0.3) is 0 Å². The summed E-state index contributed by atoms with van der Waals surface area (Å²) in [5, 5.41) is 3.23. The largest absolute Gasteiger partial charge is 0.323 e. The molecule has 1 heterocycles. The van der Waals surface area contributed by atoms with E-state index in [4.69, 9.17) is 17.3 Å². The molecule has 0 aromatic heterocycles. The van der Waals surface area contributed by atoms with Crippen LogP contribution >= 0.6 is 27.5 Å². The molecule has 0 aliphatic carbocycles. The Balaban J connectivity index is 2.51. The molecule has 74 valence electrons. The van der Waals surface area contributed by atoms with Crippen LogP contribution in [-0.2, 0) is 11.2 Å². The first-order valence-electron chi connectivity index (χ1n) is 4.12. The predicted molar refractivity (Wildman–Crippen MR) is 59.5 cm³/mol. The fourth-order valence-electron chi connectivity index (χ4n) is 1.47. The Kier molecular flexibility index (Phi) is 2.51. The number of carbonyl (C=O) groups is 1. The van der Waals surface area contributed by atoms with Crippen LogP contribution in [0.2, 0.25) is 5.02 Å². The lowest BCUT2D eigenvalue weighted by Crippen LogP contribution is -2.41. The van der Waals surface area contributed by atoms with Crippen LogP contribution in [0.4, 0.5) is 5.69 Å². The molecule has 0 bridgehead atoms. The molecule has 5 heteroatoms. The minimum Gasteiger partial charge on any atom is -0.323 e. The molecule has 0 spiro atoms. The first kappa shape index (κ1) is 9.96. The van der Waals surface area contributed by atoms with E-state index in [0.717, 1.165) is 10.0 Å². The van der Waals surface area contributed by atoms with Crippen LogP contribution in [0.5, 0.6) is 0 Å². The predicted octanol–water partition coefficient (Wildman–Crippen LogP) is 1.92. The maximum absolute atomic E-state index is 11.3. The van der Waals surface area contributed by atoms with Crippen molar-refractivity contribution in [1.29, 1.82) is 0 Å². The molecule has 1 atom stereocenters. The molecule has 0 fully saturated rings. The fraction of sp³-hybridized carbons (Fsp3) is 0.222. The normalized spacial score (nSPS) is 20.2. The Morgan fingerprint density at radius 1 is 1.57 bits per heavy atom. The first-order chi connectivity index (χ1) is 6.58. The summed E-state index contributed by atoms with van der Waals surface area (Å²) in [6, 6.07) is 3.19. The number of nitrogens with two attached hydrogens (primary N) is 1. The third-order valence-corrected chi connectivity index (χ3v) is 2.92. The Morgan fingerprint density at radius 2 is 2.29 bits per heavy atom. The van der Waals surface area contributed by atoms with Crippen LogP contribution in [0, 0.1) is 0 Å². The van der Waals surface area contributed by atoms with Gasteiger partial charge in [0.2, 0.25) is 5.91 Å². The van der Waals surface area contributed by atoms with Crippen molar-refractivity contribution in [1.82, 2.24) is 0 Å². The van der Waals surface area contributed by atoms with E-state index in [1.165, 1.54) is 0 Å². The number of halogens is 2. The van der Waals surface area contributed by atoms with E-state index in [-0.39, 0.29) is 5.91 Å². The molecule has 1 aliphatic heterocycles. The van der Waals surface area contributed by atoms with Crippen molar-refractivity contribution >= 4 is 39.1 Å². The van der Waals surface area contributed by atoms with Crippen LogP contribution in [0.3, 0.4) is 0 Å². The number of anilines is 1. The van der Waals surface area contributed by atoms with Crippen molar-refractivity contribution in [2.24, 2.45) is 5.73 Å². The number of carbonyl (C=O) groups excluding carboxylic acids is 1. The lowest BCUT2D eigenvalue weighted by Gasteiger charge is -2.22. The van der Waals surface area contributed by atoms with Gasteiger partial charge in [0.15, 0.2) is 0 Å². The van der Waals surface area contributed by atoms with Crippen LogP contribution in [-0.4, -0.2) is 11.9 Å². The van der Waals surface area contributed by atoms with Gasteiger partial charge >= 0.3 is 0 Å². The van der Waals surface area contributed by atoms with Crippen molar-refractivity contribution in [2.75, 3.05) is 5.32 Å². The average molecular weight is 276 g/mol. The number of hydrogen-bond acceptors (Lipinski definition) is 2. The minimum atomic E-state index is -0.479. The van der Waals surface area contributed by atoms with E-state index >= 15 is 0 Å². The SMILES string of the molecule is NC1Cc2cc(Br)cc(Cl)c2NC1=O. The molecule has 0 saturated carbocycles. The first-order valence-corrected chi connectivity index (χ1v) is 5.29. The highest BCUT2D eigenvalue weighted by Gasteiger charge is 2.24. The number of amides is 1. The number of nitrogens with one attached hydrogen (secondary N) is 1. The second-order valence-corrected chi connectivity index (χ2v) is 4.54. The Morgan fingerprint density at radius 3 is 3.00 bits per heavy atom. The van der Waals surface area contributed by atoms with Gasteiger partial charge < -0.3 is 11.1 Å². The molecule has 1 aliphatic rings. The molecule has 0 saturated heterocycles. The molecule has 1 unspecified atom stereocenters. The molecular weight excluding hydrogens is 267 g/mol. The zero-order valence-corrected chi connectivity index (χ0v) is 9.52. The fourth-order valence-corrected chi connectivity index (χ4v) is 2.40.